The smallest absolute Gasteiger partial charge is 0.162 e. The summed E-state index contributed by atoms with van der Waals surface area (Å²) >= 11 is 0. The normalized spacial score (nSPS) is 10.6. The van der Waals surface area contributed by atoms with Crippen LogP contribution in [0.2, 0.25) is 0 Å². The Labute approximate surface area is 102 Å². The molecule has 0 aliphatic carbocycles. The molecule has 2 aromatic rings. The zero-order valence-electron chi connectivity index (χ0n) is 9.99. The third kappa shape index (κ3) is 2.94. The summed E-state index contributed by atoms with van der Waals surface area (Å²) in [5.41, 5.74) is 0.827. The van der Waals surface area contributed by atoms with Gasteiger partial charge in [-0.1, -0.05) is 56.2 Å². The summed E-state index contributed by atoms with van der Waals surface area (Å²) in [5.74, 6) is 0.240. The van der Waals surface area contributed by atoms with Crippen molar-refractivity contribution in [3.05, 3.63) is 55.0 Å². The lowest BCUT2D eigenvalue weighted by molar-refractivity contribution is 0.0979. The van der Waals surface area contributed by atoms with Crippen molar-refractivity contribution in [1.82, 2.24) is 0 Å². The maximum Gasteiger partial charge on any atom is 0.162 e. The van der Waals surface area contributed by atoms with E-state index in [4.69, 9.17) is 0 Å². The van der Waals surface area contributed by atoms with Crippen LogP contribution in [0, 0.1) is 6.92 Å². The Morgan fingerprint density at radius 2 is 1.76 bits per heavy atom. The Bertz CT molecular complexity index is 514. The van der Waals surface area contributed by atoms with E-state index in [9.17, 15) is 4.79 Å². The van der Waals surface area contributed by atoms with E-state index in [1.807, 2.05) is 36.4 Å². The minimum Gasteiger partial charge on any atom is -0.294 e. The minimum atomic E-state index is 0.240. The number of Topliss-reactive ketones (excluding diaryl/α,β-unsaturated/α-hetero) is 1. The first-order valence-corrected chi connectivity index (χ1v) is 6.12. The third-order valence-corrected chi connectivity index (χ3v) is 2.98. The number of ketones is 1. The topological polar surface area (TPSA) is 17.1 Å². The largest absolute Gasteiger partial charge is 0.294 e. The molecule has 1 radical (unpaired) electrons. The molecular formula is C16H17O. The van der Waals surface area contributed by atoms with Crippen LogP contribution < -0.4 is 0 Å². The van der Waals surface area contributed by atoms with E-state index >= 15 is 0 Å². The van der Waals surface area contributed by atoms with Gasteiger partial charge in [0.1, 0.15) is 0 Å². The van der Waals surface area contributed by atoms with Gasteiger partial charge in [0.05, 0.1) is 0 Å². The second kappa shape index (κ2) is 5.62. The van der Waals surface area contributed by atoms with Crippen molar-refractivity contribution >= 4 is 16.6 Å². The average molecular weight is 225 g/mol. The molecule has 0 unspecified atom stereocenters. The second-order valence-corrected chi connectivity index (χ2v) is 4.30. The van der Waals surface area contributed by atoms with E-state index in [1.165, 1.54) is 5.39 Å². The van der Waals surface area contributed by atoms with Crippen molar-refractivity contribution in [1.29, 1.82) is 0 Å². The Morgan fingerprint density at radius 3 is 2.53 bits per heavy atom. The lowest BCUT2D eigenvalue weighted by Crippen LogP contribution is -1.98. The molecule has 2 rings (SSSR count). The van der Waals surface area contributed by atoms with Gasteiger partial charge in [0.15, 0.2) is 5.78 Å². The Morgan fingerprint density at radius 1 is 1.00 bits per heavy atom. The predicted octanol–water partition coefficient (Wildman–Crippen LogP) is 4.42. The first-order chi connectivity index (χ1) is 8.31. The Hall–Kier alpha value is -1.63. The highest BCUT2D eigenvalue weighted by Gasteiger charge is 2.05. The van der Waals surface area contributed by atoms with Crippen molar-refractivity contribution in [2.45, 2.75) is 25.7 Å². The molecule has 17 heavy (non-hydrogen) atoms. The molecule has 0 saturated carbocycles. The number of hydrogen-bond acceptors (Lipinski definition) is 1. The summed E-state index contributed by atoms with van der Waals surface area (Å²) in [6.45, 7) is 3.78. The van der Waals surface area contributed by atoms with Crippen molar-refractivity contribution in [2.75, 3.05) is 0 Å². The summed E-state index contributed by atoms with van der Waals surface area (Å²) in [4.78, 5) is 11.9. The highest BCUT2D eigenvalue weighted by molar-refractivity contribution is 5.99. The van der Waals surface area contributed by atoms with Crippen LogP contribution in [0.25, 0.3) is 10.8 Å². The van der Waals surface area contributed by atoms with E-state index in [0.29, 0.717) is 6.42 Å². The number of benzene rings is 2. The van der Waals surface area contributed by atoms with E-state index in [2.05, 4.69) is 13.0 Å². The quantitative estimate of drug-likeness (QED) is 0.544. The van der Waals surface area contributed by atoms with Gasteiger partial charge in [-0.25, -0.2) is 0 Å². The molecule has 0 fully saturated rings. The molecule has 0 amide bonds. The van der Waals surface area contributed by atoms with Gasteiger partial charge in [-0.2, -0.15) is 0 Å². The molecule has 0 atom stereocenters. The molecule has 1 nitrogen and oxygen atoms in total. The van der Waals surface area contributed by atoms with Crippen molar-refractivity contribution in [3.63, 3.8) is 0 Å². The first-order valence-electron chi connectivity index (χ1n) is 6.12. The summed E-state index contributed by atoms with van der Waals surface area (Å²) < 4.78 is 0. The predicted molar refractivity (Wildman–Crippen MR) is 72.1 cm³/mol. The number of unbranched alkanes of at least 4 members (excludes halogenated alkanes) is 2. The van der Waals surface area contributed by atoms with E-state index in [1.54, 1.807) is 0 Å². The lowest BCUT2D eigenvalue weighted by Gasteiger charge is -2.03. The van der Waals surface area contributed by atoms with Gasteiger partial charge in [0, 0.05) is 12.0 Å². The lowest BCUT2D eigenvalue weighted by atomic mass is 10.0. The fourth-order valence-electron chi connectivity index (χ4n) is 1.97. The van der Waals surface area contributed by atoms with Crippen LogP contribution in [0.15, 0.2) is 42.5 Å². The molecule has 2 aromatic carbocycles. The van der Waals surface area contributed by atoms with Gasteiger partial charge >= 0.3 is 0 Å². The van der Waals surface area contributed by atoms with E-state index in [0.717, 1.165) is 30.2 Å². The summed E-state index contributed by atoms with van der Waals surface area (Å²) in [6, 6.07) is 14.0. The molecule has 0 aliphatic heterocycles. The third-order valence-electron chi connectivity index (χ3n) is 2.98. The summed E-state index contributed by atoms with van der Waals surface area (Å²) in [7, 11) is 0. The number of hydrogen-bond donors (Lipinski definition) is 0. The molecule has 0 aromatic heterocycles. The molecule has 87 valence electrons. The van der Waals surface area contributed by atoms with Crippen molar-refractivity contribution < 1.29 is 4.79 Å². The summed E-state index contributed by atoms with van der Waals surface area (Å²) in [6.07, 6.45) is 3.51. The maximum absolute atomic E-state index is 11.9. The van der Waals surface area contributed by atoms with Crippen LogP contribution in [0.3, 0.4) is 0 Å². The number of carbonyl (C=O) groups is 1. The second-order valence-electron chi connectivity index (χ2n) is 4.30. The molecule has 0 N–H and O–H groups in total. The molecule has 0 aliphatic rings. The zero-order chi connectivity index (χ0) is 12.1. The van der Waals surface area contributed by atoms with Crippen molar-refractivity contribution in [3.8, 4) is 0 Å². The van der Waals surface area contributed by atoms with Gasteiger partial charge in [-0.3, -0.25) is 4.79 Å². The Balaban J connectivity index is 2.15. The van der Waals surface area contributed by atoms with Gasteiger partial charge in [0.25, 0.3) is 0 Å². The van der Waals surface area contributed by atoms with Crippen LogP contribution in [-0.4, -0.2) is 5.78 Å². The van der Waals surface area contributed by atoms with Crippen LogP contribution in [0.1, 0.15) is 36.0 Å². The average Bonchev–Trinajstić information content (AvgIpc) is 2.38. The molecule has 0 saturated heterocycles. The summed E-state index contributed by atoms with van der Waals surface area (Å²) in [5, 5.41) is 2.32. The fraction of sp³-hybridized carbons (Fsp3) is 0.250. The molecule has 0 spiro atoms. The number of carbonyl (C=O) groups excluding carboxylic acids is 1. The SMILES string of the molecule is [CH2]CCCCC(=O)c1ccc2ccccc2c1. The van der Waals surface area contributed by atoms with Gasteiger partial charge in [-0.15, -0.1) is 0 Å². The standard InChI is InChI=1S/C16H17O/c1-2-3-4-9-16(17)15-11-10-13-7-5-6-8-14(13)12-15/h5-8,10-12H,1-4,9H2. The molecular weight excluding hydrogens is 208 g/mol. The van der Waals surface area contributed by atoms with Crippen LogP contribution in [0.5, 0.6) is 0 Å². The molecule has 0 heterocycles. The molecule has 0 bridgehead atoms. The first kappa shape index (κ1) is 11.8. The maximum atomic E-state index is 11.9. The van der Waals surface area contributed by atoms with Gasteiger partial charge < -0.3 is 0 Å². The van der Waals surface area contributed by atoms with E-state index in [-0.39, 0.29) is 5.78 Å². The Kier molecular flexibility index (Phi) is 3.92. The van der Waals surface area contributed by atoms with Crippen LogP contribution in [-0.2, 0) is 0 Å². The van der Waals surface area contributed by atoms with E-state index < -0.39 is 0 Å². The minimum absolute atomic E-state index is 0.240. The monoisotopic (exact) mass is 225 g/mol. The van der Waals surface area contributed by atoms with Gasteiger partial charge in [-0.05, 0) is 23.3 Å². The number of rotatable bonds is 5. The number of fused-ring (bicyclic) bond motifs is 1. The van der Waals surface area contributed by atoms with Gasteiger partial charge in [0.2, 0.25) is 0 Å². The molecule has 1 heteroatoms. The van der Waals surface area contributed by atoms with Crippen LogP contribution >= 0.6 is 0 Å². The fourth-order valence-corrected chi connectivity index (χ4v) is 1.97. The van der Waals surface area contributed by atoms with Crippen LogP contribution in [0.4, 0.5) is 0 Å². The highest BCUT2D eigenvalue weighted by atomic mass is 16.1. The highest BCUT2D eigenvalue weighted by Crippen LogP contribution is 2.17. The van der Waals surface area contributed by atoms with Crippen molar-refractivity contribution in [2.24, 2.45) is 0 Å². The zero-order valence-corrected chi connectivity index (χ0v) is 9.99.